The third-order valence-electron chi connectivity index (χ3n) is 3.45. The second-order valence-corrected chi connectivity index (χ2v) is 4.66. The first-order valence-corrected chi connectivity index (χ1v) is 6.51. The van der Waals surface area contributed by atoms with E-state index < -0.39 is 0 Å². The highest BCUT2D eigenvalue weighted by Crippen LogP contribution is 2.20. The van der Waals surface area contributed by atoms with Crippen LogP contribution in [0.3, 0.4) is 0 Å². The molecule has 0 saturated heterocycles. The molecule has 0 N–H and O–H groups in total. The molecule has 0 fully saturated rings. The van der Waals surface area contributed by atoms with Gasteiger partial charge in [-0.1, -0.05) is 31.5 Å². The monoisotopic (exact) mass is 244 g/mol. The molecular formula is C15H20N2O. The third-order valence-corrected chi connectivity index (χ3v) is 3.45. The Morgan fingerprint density at radius 3 is 2.44 bits per heavy atom. The Bertz CT molecular complexity index is 529. The molecule has 96 valence electrons. The summed E-state index contributed by atoms with van der Waals surface area (Å²) in [6.45, 7) is 6.98. The summed E-state index contributed by atoms with van der Waals surface area (Å²) >= 11 is 0. The van der Waals surface area contributed by atoms with Crippen LogP contribution in [0.15, 0.2) is 30.3 Å². The van der Waals surface area contributed by atoms with Crippen molar-refractivity contribution in [3.8, 4) is 11.4 Å². The van der Waals surface area contributed by atoms with Crippen LogP contribution in [0, 0.1) is 19.1 Å². The normalized spacial score (nSPS) is 10.8. The lowest BCUT2D eigenvalue weighted by atomic mass is 10.2. The fourth-order valence-corrected chi connectivity index (χ4v) is 2.22. The van der Waals surface area contributed by atoms with Crippen LogP contribution < -0.4 is 4.73 Å². The summed E-state index contributed by atoms with van der Waals surface area (Å²) in [7, 11) is 0. The first-order chi connectivity index (χ1) is 8.66. The molecule has 0 saturated carbocycles. The number of nitrogens with zero attached hydrogens (tertiary/aromatic N) is 2. The van der Waals surface area contributed by atoms with Gasteiger partial charge in [-0.25, -0.2) is 9.30 Å². The molecule has 1 aromatic carbocycles. The standard InChI is InChI=1S/C15H20N2O/c1-4-5-11-16-12(2)13(3)17(18)15(16)14-9-7-6-8-10-14/h6-10H,4-5,11H2,1-3H3. The molecule has 1 heterocycles. The van der Waals surface area contributed by atoms with Crippen LogP contribution in [0.1, 0.15) is 31.2 Å². The summed E-state index contributed by atoms with van der Waals surface area (Å²) in [5, 5.41) is 12.3. The van der Waals surface area contributed by atoms with Gasteiger partial charge >= 0.3 is 0 Å². The smallest absolute Gasteiger partial charge is 0.292 e. The minimum Gasteiger partial charge on any atom is -0.710 e. The van der Waals surface area contributed by atoms with Gasteiger partial charge in [0.05, 0.1) is 12.1 Å². The van der Waals surface area contributed by atoms with E-state index in [0.717, 1.165) is 46.9 Å². The highest BCUT2D eigenvalue weighted by atomic mass is 16.5. The topological polar surface area (TPSA) is 31.9 Å². The lowest BCUT2D eigenvalue weighted by molar-refractivity contribution is -0.599. The molecule has 0 aliphatic heterocycles. The van der Waals surface area contributed by atoms with Crippen LogP contribution in [-0.2, 0) is 6.54 Å². The van der Waals surface area contributed by atoms with E-state index in [9.17, 15) is 5.21 Å². The van der Waals surface area contributed by atoms with Crippen molar-refractivity contribution in [3.05, 3.63) is 46.9 Å². The second-order valence-electron chi connectivity index (χ2n) is 4.66. The fourth-order valence-electron chi connectivity index (χ4n) is 2.22. The maximum absolute atomic E-state index is 12.3. The zero-order chi connectivity index (χ0) is 13.1. The zero-order valence-electron chi connectivity index (χ0n) is 11.3. The van der Waals surface area contributed by atoms with Gasteiger partial charge in [0.2, 0.25) is 0 Å². The molecule has 2 aromatic rings. The van der Waals surface area contributed by atoms with E-state index >= 15 is 0 Å². The Kier molecular flexibility index (Phi) is 3.70. The van der Waals surface area contributed by atoms with Crippen molar-refractivity contribution in [2.24, 2.45) is 0 Å². The van der Waals surface area contributed by atoms with Crippen molar-refractivity contribution in [1.82, 2.24) is 4.57 Å². The molecule has 0 spiro atoms. The number of hydrogen-bond acceptors (Lipinski definition) is 1. The van der Waals surface area contributed by atoms with Crippen molar-refractivity contribution in [2.75, 3.05) is 0 Å². The minimum absolute atomic E-state index is 0.763. The lowest BCUT2D eigenvalue weighted by Gasteiger charge is -2.06. The van der Waals surface area contributed by atoms with E-state index in [2.05, 4.69) is 11.5 Å². The quantitative estimate of drug-likeness (QED) is 0.600. The molecule has 0 atom stereocenters. The molecule has 1 aromatic heterocycles. The van der Waals surface area contributed by atoms with Crippen LogP contribution in [0.5, 0.6) is 0 Å². The van der Waals surface area contributed by atoms with Crippen LogP contribution >= 0.6 is 0 Å². The van der Waals surface area contributed by atoms with Crippen molar-refractivity contribution < 1.29 is 4.73 Å². The van der Waals surface area contributed by atoms with Gasteiger partial charge in [0.15, 0.2) is 0 Å². The number of unbranched alkanes of at least 4 members (excludes halogenated alkanes) is 1. The number of rotatable bonds is 4. The molecule has 0 amide bonds. The first kappa shape index (κ1) is 12.7. The largest absolute Gasteiger partial charge is 0.710 e. The second kappa shape index (κ2) is 5.25. The molecule has 0 bridgehead atoms. The zero-order valence-corrected chi connectivity index (χ0v) is 11.3. The molecule has 3 nitrogen and oxygen atoms in total. The SMILES string of the molecule is CCCCn1c(C)c(C)[n+]([O-])c1-c1ccccc1. The third kappa shape index (κ3) is 2.13. The Labute approximate surface area is 108 Å². The molecule has 0 aliphatic rings. The predicted octanol–water partition coefficient (Wildman–Crippen LogP) is 3.21. The van der Waals surface area contributed by atoms with Crippen LogP contribution in [0.4, 0.5) is 0 Å². The van der Waals surface area contributed by atoms with Crippen molar-refractivity contribution in [1.29, 1.82) is 0 Å². The molecular weight excluding hydrogens is 224 g/mol. The summed E-state index contributed by atoms with van der Waals surface area (Å²) < 4.78 is 3.20. The van der Waals surface area contributed by atoms with Crippen LogP contribution in [0.2, 0.25) is 0 Å². The average Bonchev–Trinajstić information content (AvgIpc) is 2.62. The number of imidazole rings is 1. The maximum Gasteiger partial charge on any atom is 0.292 e. The summed E-state index contributed by atoms with van der Waals surface area (Å²) in [6, 6.07) is 9.89. The Hall–Kier alpha value is -1.77. The molecule has 0 unspecified atom stereocenters. The van der Waals surface area contributed by atoms with Gasteiger partial charge < -0.3 is 5.21 Å². The highest BCUT2D eigenvalue weighted by molar-refractivity contribution is 5.53. The van der Waals surface area contributed by atoms with Crippen molar-refractivity contribution >= 4 is 0 Å². The van der Waals surface area contributed by atoms with E-state index in [0.29, 0.717) is 0 Å². The number of hydrogen-bond donors (Lipinski definition) is 0. The fraction of sp³-hybridized carbons (Fsp3) is 0.400. The first-order valence-electron chi connectivity index (χ1n) is 6.51. The molecule has 3 heteroatoms. The maximum atomic E-state index is 12.3. The Balaban J connectivity index is 2.54. The highest BCUT2D eigenvalue weighted by Gasteiger charge is 2.22. The van der Waals surface area contributed by atoms with E-state index in [1.807, 2.05) is 44.2 Å². The van der Waals surface area contributed by atoms with Gasteiger partial charge in [0, 0.05) is 13.8 Å². The number of aromatic nitrogens is 2. The van der Waals surface area contributed by atoms with Crippen molar-refractivity contribution in [2.45, 2.75) is 40.2 Å². The van der Waals surface area contributed by atoms with Crippen LogP contribution in [-0.4, -0.2) is 4.57 Å². The summed E-state index contributed by atoms with van der Waals surface area (Å²) in [5.74, 6) is 0.763. The van der Waals surface area contributed by atoms with Gasteiger partial charge in [-0.05, 0) is 18.6 Å². The van der Waals surface area contributed by atoms with Gasteiger partial charge in [-0.3, -0.25) is 0 Å². The predicted molar refractivity (Wildman–Crippen MR) is 73.2 cm³/mol. The summed E-state index contributed by atoms with van der Waals surface area (Å²) in [4.78, 5) is 0. The van der Waals surface area contributed by atoms with Gasteiger partial charge in [0.25, 0.3) is 5.82 Å². The van der Waals surface area contributed by atoms with E-state index in [4.69, 9.17) is 0 Å². The average molecular weight is 244 g/mol. The van der Waals surface area contributed by atoms with E-state index in [1.54, 1.807) is 0 Å². The molecule has 18 heavy (non-hydrogen) atoms. The lowest BCUT2D eigenvalue weighted by Crippen LogP contribution is -2.30. The van der Waals surface area contributed by atoms with E-state index in [1.165, 1.54) is 0 Å². The van der Waals surface area contributed by atoms with Crippen molar-refractivity contribution in [3.63, 3.8) is 0 Å². The molecule has 0 aliphatic carbocycles. The Morgan fingerprint density at radius 2 is 1.83 bits per heavy atom. The van der Waals surface area contributed by atoms with Gasteiger partial charge in [-0.2, -0.15) is 0 Å². The summed E-state index contributed by atoms with van der Waals surface area (Å²) in [5.41, 5.74) is 2.85. The van der Waals surface area contributed by atoms with Crippen LogP contribution in [0.25, 0.3) is 11.4 Å². The van der Waals surface area contributed by atoms with Gasteiger partial charge in [0.1, 0.15) is 11.4 Å². The number of benzene rings is 1. The molecule has 0 radical (unpaired) electrons. The van der Waals surface area contributed by atoms with Gasteiger partial charge in [-0.15, -0.1) is 0 Å². The molecule has 2 rings (SSSR count). The summed E-state index contributed by atoms with van der Waals surface area (Å²) in [6.07, 6.45) is 2.22. The minimum atomic E-state index is 0.763. The van der Waals surface area contributed by atoms with E-state index in [-0.39, 0.29) is 0 Å². The Morgan fingerprint density at radius 1 is 1.17 bits per heavy atom.